The smallest absolute Gasteiger partial charge is 0.265 e. The highest BCUT2D eigenvalue weighted by Gasteiger charge is 2.11. The van der Waals surface area contributed by atoms with Gasteiger partial charge in [-0.05, 0) is 25.1 Å². The zero-order valence-electron chi connectivity index (χ0n) is 13.8. The Hall–Kier alpha value is -2.25. The summed E-state index contributed by atoms with van der Waals surface area (Å²) in [6.45, 7) is 2.52. The highest BCUT2D eigenvalue weighted by Crippen LogP contribution is 2.13. The third-order valence-corrected chi connectivity index (χ3v) is 4.35. The Balaban J connectivity index is 2.07. The number of aromatic nitrogens is 1. The van der Waals surface area contributed by atoms with E-state index in [4.69, 9.17) is 4.55 Å². The molecule has 0 aliphatic carbocycles. The van der Waals surface area contributed by atoms with E-state index in [-0.39, 0.29) is 5.75 Å². The van der Waals surface area contributed by atoms with Gasteiger partial charge in [0.15, 0.2) is 6.20 Å². The second-order valence-electron chi connectivity index (χ2n) is 5.56. The van der Waals surface area contributed by atoms with Gasteiger partial charge in [-0.1, -0.05) is 17.7 Å². The van der Waals surface area contributed by atoms with Gasteiger partial charge in [0.2, 0.25) is 5.69 Å². The van der Waals surface area contributed by atoms with Gasteiger partial charge in [-0.25, -0.2) is 0 Å². The number of aryl methyl sites for hydroxylation is 2. The van der Waals surface area contributed by atoms with E-state index in [1.807, 2.05) is 67.2 Å². The van der Waals surface area contributed by atoms with Gasteiger partial charge in [-0.15, -0.1) is 0 Å². The Morgan fingerprint density at radius 3 is 2.58 bits per heavy atom. The van der Waals surface area contributed by atoms with Gasteiger partial charge >= 0.3 is 0 Å². The van der Waals surface area contributed by atoms with Gasteiger partial charge in [-0.3, -0.25) is 9.56 Å². The van der Waals surface area contributed by atoms with Gasteiger partial charge < -0.3 is 0 Å². The molecule has 0 atom stereocenters. The molecule has 0 radical (unpaired) electrons. The number of hydrogen-bond donors (Lipinski definition) is 1. The van der Waals surface area contributed by atoms with Crippen LogP contribution >= 0.6 is 0 Å². The molecule has 0 aliphatic rings. The standard InChI is InChI=1S/C17H21N3O3S/c1-15-7-9-16(10-8-15)19(2)18-14-17-6-3-4-11-20(17)12-5-13-24(21,22)23/h3-4,6-11,14H,5,12-13H2,1-2H3/p+1. The molecule has 2 aromatic rings. The van der Waals surface area contributed by atoms with Gasteiger partial charge in [0.1, 0.15) is 12.8 Å². The predicted octanol–water partition coefficient (Wildman–Crippen LogP) is 2.03. The number of anilines is 1. The zero-order valence-corrected chi connectivity index (χ0v) is 14.6. The molecule has 0 saturated heterocycles. The van der Waals surface area contributed by atoms with E-state index in [0.717, 1.165) is 11.4 Å². The van der Waals surface area contributed by atoms with Crippen LogP contribution in [-0.4, -0.2) is 32.0 Å². The van der Waals surface area contributed by atoms with Crippen LogP contribution in [0.2, 0.25) is 0 Å². The van der Waals surface area contributed by atoms with E-state index in [0.29, 0.717) is 13.0 Å². The number of benzene rings is 1. The van der Waals surface area contributed by atoms with Gasteiger partial charge in [0.25, 0.3) is 10.1 Å². The molecule has 0 aliphatic heterocycles. The number of hydrogen-bond acceptors (Lipinski definition) is 4. The van der Waals surface area contributed by atoms with Crippen molar-refractivity contribution in [3.63, 3.8) is 0 Å². The zero-order chi connectivity index (χ0) is 17.6. The van der Waals surface area contributed by atoms with E-state index in [2.05, 4.69) is 5.10 Å². The summed E-state index contributed by atoms with van der Waals surface area (Å²) in [6, 6.07) is 13.7. The first-order valence-corrected chi connectivity index (χ1v) is 9.24. The first-order valence-electron chi connectivity index (χ1n) is 7.63. The monoisotopic (exact) mass is 348 g/mol. The van der Waals surface area contributed by atoms with Crippen molar-refractivity contribution < 1.29 is 17.5 Å². The molecular weight excluding hydrogens is 326 g/mol. The molecule has 1 aromatic carbocycles. The summed E-state index contributed by atoms with van der Waals surface area (Å²) in [5.41, 5.74) is 3.02. The third-order valence-electron chi connectivity index (χ3n) is 3.55. The molecular formula is C17H22N3O3S+. The lowest BCUT2D eigenvalue weighted by Crippen LogP contribution is -2.38. The molecule has 0 saturated carbocycles. The fourth-order valence-corrected chi connectivity index (χ4v) is 2.69. The first kappa shape index (κ1) is 18.1. The van der Waals surface area contributed by atoms with Crippen LogP contribution in [0.1, 0.15) is 17.7 Å². The Bertz CT molecular complexity index is 802. The minimum absolute atomic E-state index is 0.255. The van der Waals surface area contributed by atoms with Crippen molar-refractivity contribution in [2.24, 2.45) is 5.10 Å². The van der Waals surface area contributed by atoms with Crippen LogP contribution < -0.4 is 9.58 Å². The van der Waals surface area contributed by atoms with Crippen LogP contribution in [0.3, 0.4) is 0 Å². The molecule has 6 nitrogen and oxygen atoms in total. The lowest BCUT2D eigenvalue weighted by Gasteiger charge is -2.12. The average Bonchev–Trinajstić information content (AvgIpc) is 2.53. The molecule has 2 rings (SSSR count). The maximum atomic E-state index is 10.8. The Morgan fingerprint density at radius 2 is 1.92 bits per heavy atom. The molecule has 0 spiro atoms. The number of hydrazone groups is 1. The fourth-order valence-electron chi connectivity index (χ4n) is 2.20. The van der Waals surface area contributed by atoms with Crippen LogP contribution in [0.25, 0.3) is 0 Å². The number of rotatable bonds is 7. The fraction of sp³-hybridized carbons (Fsp3) is 0.294. The van der Waals surface area contributed by atoms with Crippen LogP contribution in [-0.2, 0) is 16.7 Å². The highest BCUT2D eigenvalue weighted by molar-refractivity contribution is 7.85. The topological polar surface area (TPSA) is 73.8 Å². The summed E-state index contributed by atoms with van der Waals surface area (Å²) in [5.74, 6) is -0.255. The first-order chi connectivity index (χ1) is 11.3. The van der Waals surface area contributed by atoms with Crippen LogP contribution in [0, 0.1) is 6.92 Å². The van der Waals surface area contributed by atoms with Crippen LogP contribution in [0.5, 0.6) is 0 Å². The predicted molar refractivity (Wildman–Crippen MR) is 94.8 cm³/mol. The molecule has 0 amide bonds. The summed E-state index contributed by atoms with van der Waals surface area (Å²) in [7, 11) is -2.06. The SMILES string of the molecule is Cc1ccc(N(C)N=Cc2cccc[n+]2CCCS(=O)(=O)O)cc1. The molecule has 0 fully saturated rings. The normalized spacial score (nSPS) is 11.8. The second kappa shape index (κ2) is 8.03. The van der Waals surface area contributed by atoms with Crippen molar-refractivity contribution in [3.05, 3.63) is 59.9 Å². The minimum Gasteiger partial charge on any atom is -0.286 e. The summed E-state index contributed by atoms with van der Waals surface area (Å²) in [6.07, 6.45) is 3.92. The van der Waals surface area contributed by atoms with Gasteiger partial charge in [0.05, 0.1) is 11.4 Å². The van der Waals surface area contributed by atoms with Crippen LogP contribution in [0.15, 0.2) is 53.8 Å². The van der Waals surface area contributed by atoms with Crippen molar-refractivity contribution in [1.82, 2.24) is 0 Å². The molecule has 0 bridgehead atoms. The van der Waals surface area contributed by atoms with E-state index < -0.39 is 10.1 Å². The van der Waals surface area contributed by atoms with E-state index in [9.17, 15) is 8.42 Å². The average molecular weight is 348 g/mol. The molecule has 1 N–H and O–H groups in total. The van der Waals surface area contributed by atoms with Gasteiger partial charge in [-0.2, -0.15) is 18.1 Å². The van der Waals surface area contributed by atoms with Gasteiger partial charge in [0, 0.05) is 25.6 Å². The largest absolute Gasteiger partial charge is 0.286 e. The van der Waals surface area contributed by atoms with Crippen molar-refractivity contribution in [2.45, 2.75) is 19.9 Å². The summed E-state index contributed by atoms with van der Waals surface area (Å²) in [5, 5.41) is 6.20. The van der Waals surface area contributed by atoms with Crippen molar-refractivity contribution in [1.29, 1.82) is 0 Å². The molecule has 1 heterocycles. The lowest BCUT2D eigenvalue weighted by molar-refractivity contribution is -0.697. The molecule has 128 valence electrons. The summed E-state index contributed by atoms with van der Waals surface area (Å²) in [4.78, 5) is 0. The second-order valence-corrected chi connectivity index (χ2v) is 7.13. The molecule has 1 aromatic heterocycles. The van der Waals surface area contributed by atoms with Crippen molar-refractivity contribution in [2.75, 3.05) is 17.8 Å². The van der Waals surface area contributed by atoms with Crippen molar-refractivity contribution in [3.8, 4) is 0 Å². The molecule has 24 heavy (non-hydrogen) atoms. The molecule has 0 unspecified atom stereocenters. The Morgan fingerprint density at radius 1 is 1.21 bits per heavy atom. The lowest BCUT2D eigenvalue weighted by atomic mass is 10.2. The number of nitrogens with zero attached hydrogens (tertiary/aromatic N) is 3. The van der Waals surface area contributed by atoms with E-state index in [1.165, 1.54) is 5.56 Å². The summed E-state index contributed by atoms with van der Waals surface area (Å²) < 4.78 is 32.3. The number of pyridine rings is 1. The van der Waals surface area contributed by atoms with Crippen LogP contribution in [0.4, 0.5) is 5.69 Å². The highest BCUT2D eigenvalue weighted by atomic mass is 32.2. The minimum atomic E-state index is -3.93. The summed E-state index contributed by atoms with van der Waals surface area (Å²) >= 11 is 0. The third kappa shape index (κ3) is 5.75. The molecule has 7 heteroatoms. The quantitative estimate of drug-likeness (QED) is 0.360. The maximum absolute atomic E-state index is 10.8. The van der Waals surface area contributed by atoms with E-state index in [1.54, 1.807) is 11.2 Å². The maximum Gasteiger partial charge on any atom is 0.265 e. The van der Waals surface area contributed by atoms with E-state index >= 15 is 0 Å². The Labute approximate surface area is 142 Å². The Kier molecular flexibility index (Phi) is 6.05. The van der Waals surface area contributed by atoms with Crippen molar-refractivity contribution >= 4 is 22.0 Å².